The topological polar surface area (TPSA) is 94.8 Å². The average molecular weight is 437 g/mol. The largest absolute Gasteiger partial charge is 0.454 e. The highest BCUT2D eigenvalue weighted by Crippen LogP contribution is 2.34. The molecule has 1 aromatic heterocycles. The Morgan fingerprint density at radius 1 is 1.19 bits per heavy atom. The number of benzene rings is 1. The summed E-state index contributed by atoms with van der Waals surface area (Å²) in [6, 6.07) is 4.91. The molecule has 0 atom stereocenters. The maximum Gasteiger partial charge on any atom is 0.454 e. The molecule has 0 spiro atoms. The van der Waals surface area contributed by atoms with E-state index in [4.69, 9.17) is 0 Å². The van der Waals surface area contributed by atoms with Crippen LogP contribution in [-0.2, 0) is 17.8 Å². The number of nitrogens with zero attached hydrogens (tertiary/aromatic N) is 2. The fraction of sp³-hybridized carbons (Fsp3) is 0.400. The molecule has 1 aliphatic heterocycles. The van der Waals surface area contributed by atoms with Crippen molar-refractivity contribution in [2.75, 3.05) is 18.4 Å². The number of carbonyl (C=O) groups excluding carboxylic acids is 2. The van der Waals surface area contributed by atoms with Gasteiger partial charge in [0.2, 0.25) is 0 Å². The summed E-state index contributed by atoms with van der Waals surface area (Å²) >= 11 is 0. The number of aromatic nitrogens is 1. The van der Waals surface area contributed by atoms with Crippen molar-refractivity contribution in [3.63, 3.8) is 0 Å². The van der Waals surface area contributed by atoms with Crippen LogP contribution < -0.4 is 5.32 Å². The number of alkyl halides is 2. The lowest BCUT2D eigenvalue weighted by molar-refractivity contribution is -0.160. The number of aryl methyl sites for hydroxylation is 2. The normalized spacial score (nSPS) is 15.1. The van der Waals surface area contributed by atoms with Gasteiger partial charge in [-0.1, -0.05) is 0 Å². The van der Waals surface area contributed by atoms with E-state index in [-0.39, 0.29) is 31.5 Å². The van der Waals surface area contributed by atoms with Crippen LogP contribution in [0.2, 0.25) is 5.82 Å². The van der Waals surface area contributed by atoms with Crippen molar-refractivity contribution in [1.29, 1.82) is 0 Å². The predicted molar refractivity (Wildman–Crippen MR) is 108 cm³/mol. The number of anilines is 1. The highest BCUT2D eigenvalue weighted by atomic mass is 19.3. The van der Waals surface area contributed by atoms with Crippen LogP contribution >= 0.6 is 0 Å². The first-order chi connectivity index (χ1) is 14.5. The molecule has 3 N–H and O–H groups in total. The summed E-state index contributed by atoms with van der Waals surface area (Å²) in [5, 5.41) is 20.9. The molecular formula is C20H23BF3N3O4. The number of hydrogen-bond acceptors (Lipinski definition) is 4. The van der Waals surface area contributed by atoms with Crippen molar-refractivity contribution in [2.45, 2.75) is 31.5 Å². The molecule has 31 heavy (non-hydrogen) atoms. The summed E-state index contributed by atoms with van der Waals surface area (Å²) in [5.74, 6) is -6.84. The molecule has 0 saturated carbocycles. The third-order valence-corrected chi connectivity index (χ3v) is 5.52. The molecule has 166 valence electrons. The number of piperidine rings is 1. The van der Waals surface area contributed by atoms with Crippen LogP contribution in [-0.4, -0.2) is 51.5 Å². The van der Waals surface area contributed by atoms with E-state index in [9.17, 15) is 32.8 Å². The van der Waals surface area contributed by atoms with E-state index in [0.29, 0.717) is 11.3 Å². The van der Waals surface area contributed by atoms with Gasteiger partial charge >= 0.3 is 13.0 Å². The third-order valence-electron chi connectivity index (χ3n) is 5.52. The second-order valence-corrected chi connectivity index (χ2v) is 7.76. The maximum absolute atomic E-state index is 15.0. The van der Waals surface area contributed by atoms with Gasteiger partial charge in [0, 0.05) is 32.0 Å². The number of hydrogen-bond donors (Lipinski definition) is 3. The summed E-state index contributed by atoms with van der Waals surface area (Å²) in [5.41, 5.74) is -0.0800. The maximum atomic E-state index is 15.0. The molecule has 11 heteroatoms. The molecule has 1 saturated heterocycles. The lowest BCUT2D eigenvalue weighted by atomic mass is 9.67. The predicted octanol–water partition coefficient (Wildman–Crippen LogP) is 2.28. The molecule has 7 nitrogen and oxygen atoms in total. The van der Waals surface area contributed by atoms with Gasteiger partial charge in [-0.2, -0.15) is 8.78 Å². The minimum atomic E-state index is -3.87. The van der Waals surface area contributed by atoms with E-state index in [1.807, 2.05) is 0 Å². The molecule has 0 radical (unpaired) electrons. The highest BCUT2D eigenvalue weighted by Gasteiger charge is 2.47. The third kappa shape index (κ3) is 4.77. The van der Waals surface area contributed by atoms with Gasteiger partial charge in [0.25, 0.3) is 11.8 Å². The molecule has 0 aliphatic carbocycles. The number of halogens is 3. The van der Waals surface area contributed by atoms with E-state index in [1.165, 1.54) is 38.4 Å². The van der Waals surface area contributed by atoms with Gasteiger partial charge < -0.3 is 24.8 Å². The lowest BCUT2D eigenvalue weighted by Gasteiger charge is -2.33. The Labute approximate surface area is 177 Å². The molecule has 3 rings (SSSR count). The molecule has 1 aromatic carbocycles. The SMILES string of the molecule is Cc1cc(NC(=O)c2cc(C(F)(F)C(=O)N3CCC(B(O)O)CC3)n(C)c2)ccc1F. The van der Waals surface area contributed by atoms with Gasteiger partial charge in [-0.25, -0.2) is 4.39 Å². The molecule has 1 aliphatic rings. The Balaban J connectivity index is 1.74. The van der Waals surface area contributed by atoms with E-state index < -0.39 is 42.2 Å². The second kappa shape index (κ2) is 8.76. The lowest BCUT2D eigenvalue weighted by Crippen LogP contribution is -2.47. The van der Waals surface area contributed by atoms with Gasteiger partial charge in [-0.3, -0.25) is 9.59 Å². The van der Waals surface area contributed by atoms with Crippen LogP contribution in [0.4, 0.5) is 18.9 Å². The van der Waals surface area contributed by atoms with E-state index >= 15 is 0 Å². The van der Waals surface area contributed by atoms with E-state index in [2.05, 4.69) is 5.32 Å². The summed E-state index contributed by atoms with van der Waals surface area (Å²) in [4.78, 5) is 26.0. The minimum Gasteiger partial charge on any atom is -0.427 e. The summed E-state index contributed by atoms with van der Waals surface area (Å²) in [6.45, 7) is 1.50. The Kier molecular flexibility index (Phi) is 6.47. The van der Waals surface area contributed by atoms with E-state index in [1.54, 1.807) is 0 Å². The Morgan fingerprint density at radius 3 is 2.42 bits per heavy atom. The molecule has 0 unspecified atom stereocenters. The highest BCUT2D eigenvalue weighted by molar-refractivity contribution is 6.43. The smallest absolute Gasteiger partial charge is 0.427 e. The first kappa shape index (κ1) is 22.9. The number of carbonyl (C=O) groups is 2. The molecule has 1 fully saturated rings. The number of amides is 2. The van der Waals surface area contributed by atoms with Crippen LogP contribution in [0.25, 0.3) is 0 Å². The molecule has 2 heterocycles. The first-order valence-corrected chi connectivity index (χ1v) is 9.78. The van der Waals surface area contributed by atoms with Crippen molar-refractivity contribution in [3.05, 3.63) is 53.1 Å². The zero-order valence-electron chi connectivity index (χ0n) is 17.1. The molecule has 2 amide bonds. The fourth-order valence-corrected chi connectivity index (χ4v) is 3.64. The minimum absolute atomic E-state index is 0.0155. The molecule has 2 aromatic rings. The summed E-state index contributed by atoms with van der Waals surface area (Å²) in [7, 11) is -0.236. The zero-order chi connectivity index (χ0) is 22.9. The quantitative estimate of drug-likeness (QED) is 0.626. The monoisotopic (exact) mass is 437 g/mol. The van der Waals surface area contributed by atoms with Crippen molar-refractivity contribution in [3.8, 4) is 0 Å². The fourth-order valence-electron chi connectivity index (χ4n) is 3.64. The van der Waals surface area contributed by atoms with Gasteiger partial charge in [0.05, 0.1) is 11.3 Å². The van der Waals surface area contributed by atoms with Crippen LogP contribution in [0.3, 0.4) is 0 Å². The standard InChI is InChI=1S/C20H23BF3N3O4/c1-12-9-15(3-4-16(12)22)25-18(28)13-10-17(26(2)11-13)20(23,24)19(29)27-7-5-14(6-8-27)21(30)31/h3-4,9-11,14,30-31H,5-8H2,1-2H3,(H,25,28). The van der Waals surface area contributed by atoms with Crippen LogP contribution in [0.15, 0.2) is 30.5 Å². The van der Waals surface area contributed by atoms with Gasteiger partial charge in [-0.05, 0) is 55.4 Å². The first-order valence-electron chi connectivity index (χ1n) is 9.78. The number of rotatable bonds is 5. The van der Waals surface area contributed by atoms with Gasteiger partial charge in [0.15, 0.2) is 0 Å². The Hall–Kier alpha value is -2.79. The number of nitrogens with one attached hydrogen (secondary N) is 1. The summed E-state index contributed by atoms with van der Waals surface area (Å²) < 4.78 is 44.3. The van der Waals surface area contributed by atoms with Crippen molar-refractivity contribution < 1.29 is 32.8 Å². The van der Waals surface area contributed by atoms with Crippen molar-refractivity contribution in [1.82, 2.24) is 9.47 Å². The average Bonchev–Trinajstić information content (AvgIpc) is 3.13. The molecular weight excluding hydrogens is 414 g/mol. The Bertz CT molecular complexity index is 988. The van der Waals surface area contributed by atoms with Crippen LogP contribution in [0.5, 0.6) is 0 Å². The van der Waals surface area contributed by atoms with Gasteiger partial charge in [0.1, 0.15) is 5.82 Å². The van der Waals surface area contributed by atoms with Gasteiger partial charge in [-0.15, -0.1) is 0 Å². The number of likely N-dealkylation sites (tertiary alicyclic amines) is 1. The van der Waals surface area contributed by atoms with Crippen molar-refractivity contribution >= 4 is 24.6 Å². The molecule has 0 bridgehead atoms. The van der Waals surface area contributed by atoms with Crippen molar-refractivity contribution in [2.24, 2.45) is 7.05 Å². The van der Waals surface area contributed by atoms with Crippen LogP contribution in [0.1, 0.15) is 34.5 Å². The zero-order valence-corrected chi connectivity index (χ0v) is 17.1. The second-order valence-electron chi connectivity index (χ2n) is 7.76. The summed E-state index contributed by atoms with van der Waals surface area (Å²) in [6.07, 6.45) is 1.60. The van der Waals surface area contributed by atoms with E-state index in [0.717, 1.165) is 15.5 Å². The van der Waals surface area contributed by atoms with Crippen LogP contribution in [0, 0.1) is 12.7 Å². The Morgan fingerprint density at radius 2 is 1.84 bits per heavy atom.